The summed E-state index contributed by atoms with van der Waals surface area (Å²) < 4.78 is 0.856. The fourth-order valence-corrected chi connectivity index (χ4v) is 3.78. The van der Waals surface area contributed by atoms with Crippen LogP contribution in [-0.2, 0) is 6.54 Å². The number of thiophene rings is 2. The van der Waals surface area contributed by atoms with Crippen molar-refractivity contribution in [2.75, 3.05) is 20.6 Å². The van der Waals surface area contributed by atoms with Gasteiger partial charge in [0.1, 0.15) is 0 Å². The van der Waals surface area contributed by atoms with E-state index in [1.807, 2.05) is 17.4 Å². The zero-order valence-corrected chi connectivity index (χ0v) is 12.9. The number of hydrogen-bond donors (Lipinski definition) is 1. The zero-order chi connectivity index (χ0) is 13.0. The minimum atomic E-state index is 0.431. The average Bonchev–Trinajstić information content (AvgIpc) is 2.95. The third kappa shape index (κ3) is 3.80. The second-order valence-electron chi connectivity index (χ2n) is 4.33. The van der Waals surface area contributed by atoms with E-state index in [2.05, 4.69) is 47.9 Å². The van der Waals surface area contributed by atoms with E-state index in [4.69, 9.17) is 11.6 Å². The highest BCUT2D eigenvalue weighted by Crippen LogP contribution is 2.23. The lowest BCUT2D eigenvalue weighted by atomic mass is 10.2. The standard InChI is InChI=1S/C13H17ClN2S2/c1-16(2)11(12-4-3-7-17-12)9-15-8-10-5-6-13(14)18-10/h3-7,11,15H,8-9H2,1-2H3. The van der Waals surface area contributed by atoms with Crippen LogP contribution in [0, 0.1) is 0 Å². The first-order valence-electron chi connectivity index (χ1n) is 5.81. The van der Waals surface area contributed by atoms with Crippen LogP contribution in [-0.4, -0.2) is 25.5 Å². The van der Waals surface area contributed by atoms with Crippen molar-refractivity contribution in [2.24, 2.45) is 0 Å². The first-order valence-corrected chi connectivity index (χ1v) is 7.89. The van der Waals surface area contributed by atoms with E-state index in [1.165, 1.54) is 9.75 Å². The molecule has 0 fully saturated rings. The van der Waals surface area contributed by atoms with Crippen molar-refractivity contribution in [1.82, 2.24) is 10.2 Å². The van der Waals surface area contributed by atoms with Crippen LogP contribution in [0.5, 0.6) is 0 Å². The average molecular weight is 301 g/mol. The molecular formula is C13H17ClN2S2. The SMILES string of the molecule is CN(C)C(CNCc1ccc(Cl)s1)c1cccs1. The predicted molar refractivity (Wildman–Crippen MR) is 81.8 cm³/mol. The maximum absolute atomic E-state index is 5.92. The van der Waals surface area contributed by atoms with Crippen LogP contribution in [0.15, 0.2) is 29.6 Å². The van der Waals surface area contributed by atoms with Crippen LogP contribution < -0.4 is 5.32 Å². The van der Waals surface area contributed by atoms with E-state index in [0.29, 0.717) is 6.04 Å². The Balaban J connectivity index is 1.87. The van der Waals surface area contributed by atoms with Crippen molar-refractivity contribution in [3.8, 4) is 0 Å². The van der Waals surface area contributed by atoms with Crippen LogP contribution in [0.4, 0.5) is 0 Å². The first kappa shape index (κ1) is 14.0. The summed E-state index contributed by atoms with van der Waals surface area (Å²) in [6, 6.07) is 8.76. The van der Waals surface area contributed by atoms with Crippen molar-refractivity contribution in [2.45, 2.75) is 12.6 Å². The lowest BCUT2D eigenvalue weighted by Gasteiger charge is -2.23. The van der Waals surface area contributed by atoms with E-state index in [0.717, 1.165) is 17.4 Å². The van der Waals surface area contributed by atoms with Gasteiger partial charge < -0.3 is 10.2 Å². The van der Waals surface area contributed by atoms with Crippen LogP contribution in [0.25, 0.3) is 0 Å². The molecule has 0 radical (unpaired) electrons. The molecule has 2 aromatic heterocycles. The molecule has 1 atom stereocenters. The van der Waals surface area contributed by atoms with Gasteiger partial charge in [0.2, 0.25) is 0 Å². The molecule has 0 saturated heterocycles. The summed E-state index contributed by atoms with van der Waals surface area (Å²) >= 11 is 9.36. The Morgan fingerprint density at radius 2 is 2.17 bits per heavy atom. The van der Waals surface area contributed by atoms with Gasteiger partial charge in [-0.1, -0.05) is 17.7 Å². The Hall–Kier alpha value is -0.390. The lowest BCUT2D eigenvalue weighted by Crippen LogP contribution is -2.30. The molecule has 1 N–H and O–H groups in total. The van der Waals surface area contributed by atoms with E-state index in [-0.39, 0.29) is 0 Å². The minimum Gasteiger partial charge on any atom is -0.310 e. The topological polar surface area (TPSA) is 15.3 Å². The number of halogens is 1. The molecule has 2 aromatic rings. The normalized spacial score (nSPS) is 13.1. The highest BCUT2D eigenvalue weighted by molar-refractivity contribution is 7.16. The van der Waals surface area contributed by atoms with Crippen molar-refractivity contribution in [3.63, 3.8) is 0 Å². The first-order chi connectivity index (χ1) is 8.66. The van der Waals surface area contributed by atoms with Gasteiger partial charge in [0.15, 0.2) is 0 Å². The molecule has 2 rings (SSSR count). The number of nitrogens with zero attached hydrogens (tertiary/aromatic N) is 1. The van der Waals surface area contributed by atoms with Gasteiger partial charge in [-0.3, -0.25) is 0 Å². The van der Waals surface area contributed by atoms with Crippen molar-refractivity contribution < 1.29 is 0 Å². The molecule has 0 saturated carbocycles. The molecule has 5 heteroatoms. The van der Waals surface area contributed by atoms with Gasteiger partial charge >= 0.3 is 0 Å². The quantitative estimate of drug-likeness (QED) is 0.871. The number of likely N-dealkylation sites (N-methyl/N-ethyl adjacent to an activating group) is 1. The summed E-state index contributed by atoms with van der Waals surface area (Å²) in [6.45, 7) is 1.83. The van der Waals surface area contributed by atoms with E-state index < -0.39 is 0 Å². The summed E-state index contributed by atoms with van der Waals surface area (Å²) in [4.78, 5) is 4.93. The maximum atomic E-state index is 5.92. The van der Waals surface area contributed by atoms with Crippen LogP contribution in [0.3, 0.4) is 0 Å². The number of rotatable bonds is 6. The fraction of sp³-hybridized carbons (Fsp3) is 0.385. The lowest BCUT2D eigenvalue weighted by molar-refractivity contribution is 0.292. The summed E-state index contributed by atoms with van der Waals surface area (Å²) in [5, 5.41) is 5.63. The summed E-state index contributed by atoms with van der Waals surface area (Å²) in [5.41, 5.74) is 0. The van der Waals surface area contributed by atoms with Crippen molar-refractivity contribution in [3.05, 3.63) is 43.7 Å². The molecule has 98 valence electrons. The zero-order valence-electron chi connectivity index (χ0n) is 10.5. The molecule has 2 nitrogen and oxygen atoms in total. The molecule has 0 aliphatic heterocycles. The molecule has 0 aliphatic carbocycles. The van der Waals surface area contributed by atoms with Gasteiger partial charge in [-0.05, 0) is 37.7 Å². The highest BCUT2D eigenvalue weighted by Gasteiger charge is 2.14. The van der Waals surface area contributed by atoms with Crippen LogP contribution >= 0.6 is 34.3 Å². The van der Waals surface area contributed by atoms with Gasteiger partial charge in [-0.2, -0.15) is 0 Å². The van der Waals surface area contributed by atoms with E-state index in [1.54, 1.807) is 11.3 Å². The maximum Gasteiger partial charge on any atom is 0.0931 e. The molecule has 2 heterocycles. The molecular weight excluding hydrogens is 284 g/mol. The van der Waals surface area contributed by atoms with Gasteiger partial charge in [-0.25, -0.2) is 0 Å². The Morgan fingerprint density at radius 3 is 2.72 bits per heavy atom. The largest absolute Gasteiger partial charge is 0.310 e. The highest BCUT2D eigenvalue weighted by atomic mass is 35.5. The summed E-state index contributed by atoms with van der Waals surface area (Å²) in [5.74, 6) is 0. The Bertz CT molecular complexity index is 465. The van der Waals surface area contributed by atoms with Gasteiger partial charge in [-0.15, -0.1) is 22.7 Å². The van der Waals surface area contributed by atoms with E-state index in [9.17, 15) is 0 Å². The fourth-order valence-electron chi connectivity index (χ4n) is 1.80. The van der Waals surface area contributed by atoms with Gasteiger partial charge in [0.25, 0.3) is 0 Å². The molecule has 0 aliphatic rings. The van der Waals surface area contributed by atoms with Crippen LogP contribution in [0.2, 0.25) is 4.34 Å². The Morgan fingerprint density at radius 1 is 1.33 bits per heavy atom. The predicted octanol–water partition coefficient (Wildman–Crippen LogP) is 3.86. The number of hydrogen-bond acceptors (Lipinski definition) is 4. The van der Waals surface area contributed by atoms with Crippen LogP contribution in [0.1, 0.15) is 15.8 Å². The van der Waals surface area contributed by atoms with Gasteiger partial charge in [0, 0.05) is 22.8 Å². The second-order valence-corrected chi connectivity index (χ2v) is 7.11. The Kier molecular flexibility index (Phi) is 5.21. The third-order valence-electron chi connectivity index (χ3n) is 2.76. The number of nitrogens with one attached hydrogen (secondary N) is 1. The molecule has 1 unspecified atom stereocenters. The molecule has 0 amide bonds. The van der Waals surface area contributed by atoms with E-state index >= 15 is 0 Å². The van der Waals surface area contributed by atoms with Crippen molar-refractivity contribution in [1.29, 1.82) is 0 Å². The second kappa shape index (κ2) is 6.68. The molecule has 0 bridgehead atoms. The monoisotopic (exact) mass is 300 g/mol. The van der Waals surface area contributed by atoms with Gasteiger partial charge in [0.05, 0.1) is 10.4 Å². The summed E-state index contributed by atoms with van der Waals surface area (Å²) in [7, 11) is 4.24. The van der Waals surface area contributed by atoms with Crippen molar-refractivity contribution >= 4 is 34.3 Å². The summed E-state index contributed by atoms with van der Waals surface area (Å²) in [6.07, 6.45) is 0. The molecule has 0 spiro atoms. The smallest absolute Gasteiger partial charge is 0.0931 e. The molecule has 0 aromatic carbocycles. The minimum absolute atomic E-state index is 0.431. The molecule has 18 heavy (non-hydrogen) atoms. The third-order valence-corrected chi connectivity index (χ3v) is 4.97. The Labute approximate surface area is 121 Å².